The Bertz CT molecular complexity index is 1020. The second-order valence-corrected chi connectivity index (χ2v) is 5.81. The first kappa shape index (κ1) is 19.9. The summed E-state index contributed by atoms with van der Waals surface area (Å²) in [5.74, 6) is -0.749. The predicted molar refractivity (Wildman–Crippen MR) is 97.9 cm³/mol. The molecule has 0 amide bonds. The molecule has 0 atom stereocenters. The fraction of sp³-hybridized carbons (Fsp3) is 0.211. The maximum atomic E-state index is 13.3. The molecule has 150 valence electrons. The Hall–Kier alpha value is -3.82. The van der Waals surface area contributed by atoms with Crippen LogP contribution in [0.4, 0.5) is 10.1 Å². The molecular weight excluding hydrogens is 385 g/mol. The number of carbonyl (C=O) groups excluding carboxylic acids is 1. The van der Waals surface area contributed by atoms with Gasteiger partial charge in [-0.3, -0.25) is 14.9 Å². The van der Waals surface area contributed by atoms with Gasteiger partial charge in [0, 0.05) is 24.1 Å². The Morgan fingerprint density at radius 3 is 2.69 bits per heavy atom. The number of carbonyl (C=O) groups is 1. The van der Waals surface area contributed by atoms with Crippen LogP contribution in [0, 0.1) is 15.9 Å². The highest BCUT2D eigenvalue weighted by Gasteiger charge is 2.19. The van der Waals surface area contributed by atoms with E-state index in [0.717, 1.165) is 18.2 Å². The number of nitrogens with zero attached hydrogens (tertiary/aromatic N) is 3. The Morgan fingerprint density at radius 2 is 2.00 bits per heavy atom. The van der Waals surface area contributed by atoms with E-state index in [-0.39, 0.29) is 18.7 Å². The first-order valence-electron chi connectivity index (χ1n) is 8.66. The quantitative estimate of drug-likeness (QED) is 0.243. The minimum absolute atomic E-state index is 0.0615. The van der Waals surface area contributed by atoms with Crippen molar-refractivity contribution in [1.29, 1.82) is 0 Å². The third-order valence-corrected chi connectivity index (χ3v) is 3.78. The molecule has 0 saturated carbocycles. The molecule has 9 nitrogen and oxygen atoms in total. The molecule has 3 aromatic rings. The molecule has 0 radical (unpaired) electrons. The average molecular weight is 401 g/mol. The van der Waals surface area contributed by atoms with Crippen LogP contribution in [0.2, 0.25) is 0 Å². The highest BCUT2D eigenvalue weighted by molar-refractivity contribution is 5.74. The Morgan fingerprint density at radius 1 is 1.24 bits per heavy atom. The van der Waals surface area contributed by atoms with Gasteiger partial charge in [-0.1, -0.05) is 5.16 Å². The zero-order valence-electron chi connectivity index (χ0n) is 15.3. The van der Waals surface area contributed by atoms with E-state index in [1.165, 1.54) is 0 Å². The minimum Gasteiger partial charge on any atom is -0.494 e. The second kappa shape index (κ2) is 8.91. The number of hydrogen-bond acceptors (Lipinski definition) is 8. The number of hydrogen-bond donors (Lipinski definition) is 0. The van der Waals surface area contributed by atoms with Crippen LogP contribution >= 0.6 is 0 Å². The summed E-state index contributed by atoms with van der Waals surface area (Å²) in [6.07, 6.45) is -0.120. The molecule has 0 aliphatic heterocycles. The standard InChI is InChI=1S/C19H16FN3O6/c1-2-27-14-6-3-12(4-7-14)19-21-17(29-22-19)9-10-18(24)28-16-11-13(20)5-8-15(16)23(25)26/h3-8,11H,2,9-10H2,1H3. The molecule has 0 spiro atoms. The van der Waals surface area contributed by atoms with Gasteiger partial charge in [0.15, 0.2) is 0 Å². The van der Waals surface area contributed by atoms with Gasteiger partial charge in [-0.15, -0.1) is 0 Å². The summed E-state index contributed by atoms with van der Waals surface area (Å²) in [6.45, 7) is 2.44. The van der Waals surface area contributed by atoms with Crippen LogP contribution in [0.3, 0.4) is 0 Å². The SMILES string of the molecule is CCOc1ccc(-c2noc(CCC(=O)Oc3cc(F)ccc3[N+](=O)[O-])n2)cc1. The molecule has 0 saturated heterocycles. The van der Waals surface area contributed by atoms with Crippen molar-refractivity contribution in [3.8, 4) is 22.9 Å². The highest BCUT2D eigenvalue weighted by atomic mass is 19.1. The molecule has 0 aliphatic rings. The number of esters is 1. The molecule has 0 aliphatic carbocycles. The van der Waals surface area contributed by atoms with E-state index in [0.29, 0.717) is 23.7 Å². The van der Waals surface area contributed by atoms with Crippen molar-refractivity contribution in [2.24, 2.45) is 0 Å². The van der Waals surface area contributed by atoms with Crippen molar-refractivity contribution in [3.63, 3.8) is 0 Å². The molecule has 0 unspecified atom stereocenters. The van der Waals surface area contributed by atoms with Gasteiger partial charge < -0.3 is 14.0 Å². The smallest absolute Gasteiger partial charge is 0.311 e. The summed E-state index contributed by atoms with van der Waals surface area (Å²) in [7, 11) is 0. The number of ether oxygens (including phenoxy) is 2. The number of halogens is 1. The van der Waals surface area contributed by atoms with Crippen LogP contribution in [-0.4, -0.2) is 27.6 Å². The topological polar surface area (TPSA) is 118 Å². The van der Waals surface area contributed by atoms with E-state index in [2.05, 4.69) is 10.1 Å². The molecule has 29 heavy (non-hydrogen) atoms. The summed E-state index contributed by atoms with van der Waals surface area (Å²) in [4.78, 5) is 26.4. The largest absolute Gasteiger partial charge is 0.494 e. The van der Waals surface area contributed by atoms with Gasteiger partial charge in [0.1, 0.15) is 11.6 Å². The normalized spacial score (nSPS) is 10.6. The van der Waals surface area contributed by atoms with Crippen LogP contribution in [0.1, 0.15) is 19.2 Å². The number of nitro benzene ring substituents is 1. The molecule has 10 heteroatoms. The lowest BCUT2D eigenvalue weighted by atomic mass is 10.2. The summed E-state index contributed by atoms with van der Waals surface area (Å²) < 4.78 is 28.7. The minimum atomic E-state index is -0.792. The van der Waals surface area contributed by atoms with Gasteiger partial charge in [0.05, 0.1) is 18.0 Å². The van der Waals surface area contributed by atoms with Crippen molar-refractivity contribution in [3.05, 3.63) is 64.3 Å². The van der Waals surface area contributed by atoms with E-state index in [1.54, 1.807) is 24.3 Å². The summed E-state index contributed by atoms with van der Waals surface area (Å²) in [6, 6.07) is 9.73. The molecule has 2 aromatic carbocycles. The summed E-state index contributed by atoms with van der Waals surface area (Å²) >= 11 is 0. The van der Waals surface area contributed by atoms with Crippen LogP contribution in [0.15, 0.2) is 47.0 Å². The lowest BCUT2D eigenvalue weighted by molar-refractivity contribution is -0.385. The molecule has 0 bridgehead atoms. The number of rotatable bonds is 8. The van der Waals surface area contributed by atoms with Gasteiger partial charge in [-0.25, -0.2) is 4.39 Å². The molecule has 0 fully saturated rings. The monoisotopic (exact) mass is 401 g/mol. The lowest BCUT2D eigenvalue weighted by Crippen LogP contribution is -2.10. The number of aromatic nitrogens is 2. The van der Waals surface area contributed by atoms with E-state index in [1.807, 2.05) is 6.92 Å². The zero-order chi connectivity index (χ0) is 20.8. The van der Waals surface area contributed by atoms with Crippen LogP contribution in [0.25, 0.3) is 11.4 Å². The average Bonchev–Trinajstić information content (AvgIpc) is 3.16. The molecule has 1 aromatic heterocycles. The predicted octanol–water partition coefficient (Wildman–Crippen LogP) is 3.72. The number of benzene rings is 2. The van der Waals surface area contributed by atoms with Gasteiger partial charge >= 0.3 is 11.7 Å². The maximum Gasteiger partial charge on any atom is 0.311 e. The van der Waals surface area contributed by atoms with Crippen LogP contribution in [-0.2, 0) is 11.2 Å². The first-order chi connectivity index (χ1) is 14.0. The molecule has 0 N–H and O–H groups in total. The van der Waals surface area contributed by atoms with E-state index < -0.39 is 28.1 Å². The zero-order valence-corrected chi connectivity index (χ0v) is 15.3. The molecular formula is C19H16FN3O6. The van der Waals surface area contributed by atoms with E-state index >= 15 is 0 Å². The van der Waals surface area contributed by atoms with E-state index in [9.17, 15) is 19.3 Å². The third-order valence-electron chi connectivity index (χ3n) is 3.78. The maximum absolute atomic E-state index is 13.3. The van der Waals surface area contributed by atoms with E-state index in [4.69, 9.17) is 14.0 Å². The summed E-state index contributed by atoms with van der Waals surface area (Å²) in [5.41, 5.74) is 0.205. The van der Waals surface area contributed by atoms with Crippen molar-refractivity contribution < 1.29 is 28.1 Å². The number of aryl methyl sites for hydroxylation is 1. The molecule has 3 rings (SSSR count). The Labute approximate surface area is 164 Å². The van der Waals surface area contributed by atoms with Gasteiger partial charge in [-0.05, 0) is 37.3 Å². The number of nitro groups is 1. The van der Waals surface area contributed by atoms with Crippen LogP contribution in [0.5, 0.6) is 11.5 Å². The van der Waals surface area contributed by atoms with Gasteiger partial charge in [0.2, 0.25) is 17.5 Å². The Balaban J connectivity index is 1.60. The summed E-state index contributed by atoms with van der Waals surface area (Å²) in [5, 5.41) is 14.8. The van der Waals surface area contributed by atoms with Crippen molar-refractivity contribution in [2.45, 2.75) is 19.8 Å². The van der Waals surface area contributed by atoms with Gasteiger partial charge in [-0.2, -0.15) is 4.98 Å². The fourth-order valence-corrected chi connectivity index (χ4v) is 2.44. The van der Waals surface area contributed by atoms with Crippen molar-refractivity contribution >= 4 is 11.7 Å². The van der Waals surface area contributed by atoms with Gasteiger partial charge in [0.25, 0.3) is 0 Å². The van der Waals surface area contributed by atoms with Crippen molar-refractivity contribution in [1.82, 2.24) is 10.1 Å². The highest BCUT2D eigenvalue weighted by Crippen LogP contribution is 2.28. The Kier molecular flexibility index (Phi) is 6.12. The fourth-order valence-electron chi connectivity index (χ4n) is 2.44. The lowest BCUT2D eigenvalue weighted by Gasteiger charge is -2.04. The van der Waals surface area contributed by atoms with Crippen molar-refractivity contribution in [2.75, 3.05) is 6.61 Å². The van der Waals surface area contributed by atoms with Crippen LogP contribution < -0.4 is 9.47 Å². The first-order valence-corrected chi connectivity index (χ1v) is 8.66. The second-order valence-electron chi connectivity index (χ2n) is 5.81. The molecule has 1 heterocycles. The third kappa shape index (κ3) is 5.12.